The average Bonchev–Trinajstić information content (AvgIpc) is 2.56. The van der Waals surface area contributed by atoms with Crippen molar-refractivity contribution in [2.24, 2.45) is 0 Å². The van der Waals surface area contributed by atoms with Crippen molar-refractivity contribution < 1.29 is 9.47 Å². The van der Waals surface area contributed by atoms with Crippen LogP contribution in [0.5, 0.6) is 5.88 Å². The van der Waals surface area contributed by atoms with Gasteiger partial charge in [-0.1, -0.05) is 47.5 Å². The molecule has 1 aromatic heterocycles. The van der Waals surface area contributed by atoms with Gasteiger partial charge in [-0.3, -0.25) is 4.94 Å². The Balaban J connectivity index is 2.17. The third kappa shape index (κ3) is 3.03. The van der Waals surface area contributed by atoms with E-state index in [9.17, 15) is 4.53 Å². The summed E-state index contributed by atoms with van der Waals surface area (Å²) in [7, 11) is 0. The molecule has 3 nitrogen and oxygen atoms in total. The van der Waals surface area contributed by atoms with E-state index >= 15 is 0 Å². The number of hydrogen-bond acceptors (Lipinski definition) is 3. The summed E-state index contributed by atoms with van der Waals surface area (Å²) in [6.45, 7) is 0. The third-order valence-electron chi connectivity index (χ3n) is 3.06. The molecule has 110 valence electrons. The maximum Gasteiger partial charge on any atom is 0.281 e. The second-order valence-corrected chi connectivity index (χ2v) is 5.37. The fraction of sp³-hybridized carbons (Fsp3) is 0. The van der Waals surface area contributed by atoms with E-state index in [-0.39, 0.29) is 5.88 Å². The van der Waals surface area contributed by atoms with E-state index in [4.69, 9.17) is 23.2 Å². The van der Waals surface area contributed by atoms with Gasteiger partial charge in [-0.05, 0) is 24.3 Å². The standard InChI is InChI=1S/C16H9Cl2FN2O/c17-12-5-1-10(2-6-12)15-16(21-14(22-19)9-20-15)11-3-7-13(18)8-4-11/h1-9H. The third-order valence-corrected chi connectivity index (χ3v) is 3.57. The summed E-state index contributed by atoms with van der Waals surface area (Å²) < 4.78 is 12.4. The monoisotopic (exact) mass is 334 g/mol. The minimum Gasteiger partial charge on any atom is -0.272 e. The van der Waals surface area contributed by atoms with Gasteiger partial charge < -0.3 is 0 Å². The van der Waals surface area contributed by atoms with Gasteiger partial charge in [-0.2, -0.15) is 0 Å². The largest absolute Gasteiger partial charge is 0.281 e. The quantitative estimate of drug-likeness (QED) is 0.644. The first-order valence-corrected chi connectivity index (χ1v) is 7.10. The van der Waals surface area contributed by atoms with Crippen LogP contribution in [-0.2, 0) is 0 Å². The Bertz CT molecular complexity index is 792. The van der Waals surface area contributed by atoms with Gasteiger partial charge in [0.1, 0.15) is 5.69 Å². The van der Waals surface area contributed by atoms with Gasteiger partial charge in [-0.25, -0.2) is 9.97 Å². The highest BCUT2D eigenvalue weighted by Crippen LogP contribution is 2.31. The van der Waals surface area contributed by atoms with Crippen LogP contribution in [0.25, 0.3) is 22.5 Å². The van der Waals surface area contributed by atoms with Crippen LogP contribution in [0.4, 0.5) is 4.53 Å². The van der Waals surface area contributed by atoms with E-state index in [2.05, 4.69) is 14.9 Å². The molecule has 3 aromatic rings. The van der Waals surface area contributed by atoms with Crippen LogP contribution in [-0.4, -0.2) is 9.97 Å². The maximum atomic E-state index is 12.4. The Labute approximate surface area is 136 Å². The fourth-order valence-corrected chi connectivity index (χ4v) is 2.29. The molecule has 3 rings (SSSR count). The van der Waals surface area contributed by atoms with Crippen molar-refractivity contribution >= 4 is 23.2 Å². The Kier molecular flexibility index (Phi) is 4.22. The molecule has 0 fully saturated rings. The molecule has 22 heavy (non-hydrogen) atoms. The van der Waals surface area contributed by atoms with Crippen molar-refractivity contribution in [3.63, 3.8) is 0 Å². The van der Waals surface area contributed by atoms with Crippen molar-refractivity contribution in [2.45, 2.75) is 0 Å². The molecular formula is C16H9Cl2FN2O. The zero-order valence-corrected chi connectivity index (χ0v) is 12.6. The van der Waals surface area contributed by atoms with Gasteiger partial charge in [0, 0.05) is 25.7 Å². The molecule has 1 heterocycles. The average molecular weight is 335 g/mol. The predicted octanol–water partition coefficient (Wildman–Crippen LogP) is 5.38. The number of nitrogens with zero attached hydrogens (tertiary/aromatic N) is 2. The van der Waals surface area contributed by atoms with E-state index in [1.165, 1.54) is 6.20 Å². The fourth-order valence-electron chi connectivity index (χ4n) is 2.04. The van der Waals surface area contributed by atoms with Gasteiger partial charge >= 0.3 is 0 Å². The van der Waals surface area contributed by atoms with E-state index in [0.29, 0.717) is 21.4 Å². The van der Waals surface area contributed by atoms with Crippen molar-refractivity contribution in [1.29, 1.82) is 0 Å². The number of aromatic nitrogens is 2. The summed E-state index contributed by atoms with van der Waals surface area (Å²) in [5.41, 5.74) is 2.65. The molecule has 0 unspecified atom stereocenters. The summed E-state index contributed by atoms with van der Waals surface area (Å²) in [6, 6.07) is 14.2. The molecule has 0 radical (unpaired) electrons. The van der Waals surface area contributed by atoms with Crippen LogP contribution < -0.4 is 4.94 Å². The second-order valence-electron chi connectivity index (χ2n) is 4.50. The molecule has 0 spiro atoms. The second kappa shape index (κ2) is 6.30. The van der Waals surface area contributed by atoms with Crippen LogP contribution in [0.15, 0.2) is 54.7 Å². The van der Waals surface area contributed by atoms with Crippen LogP contribution in [0.1, 0.15) is 0 Å². The molecule has 0 bridgehead atoms. The Morgan fingerprint density at radius 3 is 1.77 bits per heavy atom. The zero-order chi connectivity index (χ0) is 15.5. The highest BCUT2D eigenvalue weighted by Gasteiger charge is 2.13. The summed E-state index contributed by atoms with van der Waals surface area (Å²) >= 11 is 11.8. The van der Waals surface area contributed by atoms with Crippen LogP contribution in [0.3, 0.4) is 0 Å². The lowest BCUT2D eigenvalue weighted by molar-refractivity contribution is -0.0121. The van der Waals surface area contributed by atoms with Crippen LogP contribution in [0, 0.1) is 0 Å². The zero-order valence-electron chi connectivity index (χ0n) is 11.1. The highest BCUT2D eigenvalue weighted by molar-refractivity contribution is 6.31. The molecule has 0 amide bonds. The Morgan fingerprint density at radius 1 is 0.773 bits per heavy atom. The normalized spacial score (nSPS) is 10.5. The molecule has 0 aliphatic heterocycles. The van der Waals surface area contributed by atoms with E-state index in [1.54, 1.807) is 36.4 Å². The molecule has 6 heteroatoms. The van der Waals surface area contributed by atoms with E-state index in [0.717, 1.165) is 11.1 Å². The highest BCUT2D eigenvalue weighted by atomic mass is 35.5. The molecule has 0 saturated heterocycles. The number of benzene rings is 2. The first kappa shape index (κ1) is 14.8. The van der Waals surface area contributed by atoms with Gasteiger partial charge in [0.2, 0.25) is 0 Å². The minimum absolute atomic E-state index is 0.206. The summed E-state index contributed by atoms with van der Waals surface area (Å²) in [4.78, 5) is 12.1. The van der Waals surface area contributed by atoms with Crippen molar-refractivity contribution in [3.8, 4) is 28.4 Å². The maximum absolute atomic E-state index is 12.4. The lowest BCUT2D eigenvalue weighted by atomic mass is 10.0. The molecular weight excluding hydrogens is 326 g/mol. The summed E-state index contributed by atoms with van der Waals surface area (Å²) in [5, 5.41) is 1.22. The van der Waals surface area contributed by atoms with Crippen molar-refractivity contribution in [1.82, 2.24) is 9.97 Å². The number of halogens is 3. The smallest absolute Gasteiger partial charge is 0.272 e. The van der Waals surface area contributed by atoms with E-state index < -0.39 is 0 Å². The molecule has 0 aliphatic rings. The number of hydrogen-bond donors (Lipinski definition) is 0. The SMILES string of the molecule is FOc1cnc(-c2ccc(Cl)cc2)c(-c2ccc(Cl)cc2)n1. The topological polar surface area (TPSA) is 35.0 Å². The first-order chi connectivity index (χ1) is 10.7. The van der Waals surface area contributed by atoms with Gasteiger partial charge in [0.05, 0.1) is 11.9 Å². The Hall–Kier alpha value is -2.17. The lowest BCUT2D eigenvalue weighted by Gasteiger charge is -2.09. The van der Waals surface area contributed by atoms with Gasteiger partial charge in [0.15, 0.2) is 0 Å². The van der Waals surface area contributed by atoms with E-state index in [1.807, 2.05) is 12.1 Å². The lowest BCUT2D eigenvalue weighted by Crippen LogP contribution is -1.95. The molecule has 0 N–H and O–H groups in total. The Morgan fingerprint density at radius 2 is 1.27 bits per heavy atom. The summed E-state index contributed by atoms with van der Waals surface area (Å²) in [5.74, 6) is -0.206. The number of rotatable bonds is 3. The van der Waals surface area contributed by atoms with Crippen LogP contribution >= 0.6 is 23.2 Å². The molecule has 0 atom stereocenters. The molecule has 2 aromatic carbocycles. The van der Waals surface area contributed by atoms with Gasteiger partial charge in [0.25, 0.3) is 5.88 Å². The van der Waals surface area contributed by atoms with Gasteiger partial charge in [-0.15, -0.1) is 0 Å². The predicted molar refractivity (Wildman–Crippen MR) is 84.7 cm³/mol. The van der Waals surface area contributed by atoms with Crippen LogP contribution in [0.2, 0.25) is 10.0 Å². The minimum atomic E-state index is -0.206. The van der Waals surface area contributed by atoms with Crippen molar-refractivity contribution in [3.05, 3.63) is 64.8 Å². The first-order valence-electron chi connectivity index (χ1n) is 6.35. The molecule has 0 aliphatic carbocycles. The van der Waals surface area contributed by atoms with Crippen molar-refractivity contribution in [2.75, 3.05) is 0 Å². The summed E-state index contributed by atoms with van der Waals surface area (Å²) in [6.07, 6.45) is 1.23. The molecule has 0 saturated carbocycles.